The average molecular weight is 275 g/mol. The number of terminal acetylenes is 1. The van der Waals surface area contributed by atoms with Crippen molar-refractivity contribution >= 4 is 11.8 Å². The average Bonchev–Trinajstić information content (AvgIpc) is 2.81. The van der Waals surface area contributed by atoms with E-state index in [0.717, 1.165) is 29.4 Å². The van der Waals surface area contributed by atoms with E-state index in [1.807, 2.05) is 13.0 Å². The molecule has 0 aliphatic carbocycles. The molecule has 0 unspecified atom stereocenters. The summed E-state index contributed by atoms with van der Waals surface area (Å²) in [7, 11) is 0. The van der Waals surface area contributed by atoms with Gasteiger partial charge in [0.15, 0.2) is 0 Å². The molecule has 0 aliphatic heterocycles. The van der Waals surface area contributed by atoms with Crippen LogP contribution in [0.4, 0.5) is 0 Å². The lowest BCUT2D eigenvalue weighted by atomic mass is 10.4. The molecule has 0 fully saturated rings. The fraction of sp³-hybridized carbons (Fsp3) is 0.385. The second kappa shape index (κ2) is 8.96. The van der Waals surface area contributed by atoms with Crippen LogP contribution in [0.1, 0.15) is 11.4 Å². The molecule has 0 amide bonds. The number of hydrogen-bond acceptors (Lipinski definition) is 5. The van der Waals surface area contributed by atoms with Gasteiger partial charge in [-0.3, -0.25) is 0 Å². The Bertz CT molecular complexity index is 492. The molecule has 19 heavy (non-hydrogen) atoms. The molecule has 0 saturated heterocycles. The van der Waals surface area contributed by atoms with Crippen molar-refractivity contribution in [3.05, 3.63) is 29.6 Å². The van der Waals surface area contributed by atoms with E-state index in [-0.39, 0.29) is 0 Å². The van der Waals surface area contributed by atoms with Gasteiger partial charge >= 0.3 is 0 Å². The van der Waals surface area contributed by atoms with Crippen molar-refractivity contribution in [1.29, 1.82) is 5.26 Å². The summed E-state index contributed by atoms with van der Waals surface area (Å²) >= 11 is 1.79. The van der Waals surface area contributed by atoms with Crippen LogP contribution < -0.4 is 10.6 Å². The summed E-state index contributed by atoms with van der Waals surface area (Å²) in [5, 5.41) is 14.7. The highest BCUT2D eigenvalue weighted by atomic mass is 32.2. The molecule has 1 heterocycles. The van der Waals surface area contributed by atoms with Gasteiger partial charge in [-0.2, -0.15) is 17.0 Å². The van der Waals surface area contributed by atoms with Gasteiger partial charge < -0.3 is 15.6 Å². The summed E-state index contributed by atoms with van der Waals surface area (Å²) in [6.45, 7) is 3.18. The number of rotatable bonds is 8. The summed E-state index contributed by atoms with van der Waals surface area (Å²) in [4.78, 5) is 7.29. The summed E-state index contributed by atoms with van der Waals surface area (Å²) in [5.41, 5.74) is 2.20. The molecule has 0 aromatic carbocycles. The third-order valence-corrected chi connectivity index (χ3v) is 3.30. The topological polar surface area (TPSA) is 76.5 Å². The van der Waals surface area contributed by atoms with Crippen molar-refractivity contribution in [1.82, 2.24) is 20.6 Å². The number of nitrogens with one attached hydrogen (secondary N) is 3. The normalized spacial score (nSPS) is 10.6. The zero-order valence-corrected chi connectivity index (χ0v) is 11.7. The lowest BCUT2D eigenvalue weighted by Gasteiger charge is -2.10. The van der Waals surface area contributed by atoms with Crippen LogP contribution in [-0.2, 0) is 5.75 Å². The van der Waals surface area contributed by atoms with Gasteiger partial charge in [0.1, 0.15) is 5.82 Å². The molecule has 100 valence electrons. The SMILES string of the molecule is C#CCN/C(=C/C#N)NCCSCc1nc[nH]c1C. The largest absolute Gasteiger partial charge is 0.370 e. The Hall–Kier alpha value is -2.05. The van der Waals surface area contributed by atoms with Gasteiger partial charge in [-0.15, -0.1) is 6.42 Å². The summed E-state index contributed by atoms with van der Waals surface area (Å²) in [6.07, 6.45) is 8.28. The number of hydrogen-bond donors (Lipinski definition) is 3. The van der Waals surface area contributed by atoms with E-state index in [1.165, 1.54) is 6.08 Å². The summed E-state index contributed by atoms with van der Waals surface area (Å²) < 4.78 is 0. The molecule has 1 aromatic rings. The van der Waals surface area contributed by atoms with Gasteiger partial charge in [0.2, 0.25) is 0 Å². The molecule has 0 spiro atoms. The Kier molecular flexibility index (Phi) is 7.08. The molecule has 0 radical (unpaired) electrons. The molecule has 0 aliphatic rings. The maximum atomic E-state index is 8.62. The minimum atomic E-state index is 0.403. The number of imidazole rings is 1. The molecule has 3 N–H and O–H groups in total. The molecule has 1 aromatic heterocycles. The summed E-state index contributed by atoms with van der Waals surface area (Å²) in [5.74, 6) is 4.93. The van der Waals surface area contributed by atoms with E-state index < -0.39 is 0 Å². The molecule has 0 saturated carbocycles. The van der Waals surface area contributed by atoms with Crippen LogP contribution >= 0.6 is 11.8 Å². The van der Waals surface area contributed by atoms with E-state index in [2.05, 4.69) is 26.5 Å². The summed E-state index contributed by atoms with van der Waals surface area (Å²) in [6, 6.07) is 1.97. The van der Waals surface area contributed by atoms with Crippen LogP contribution in [0.5, 0.6) is 0 Å². The van der Waals surface area contributed by atoms with E-state index in [9.17, 15) is 0 Å². The number of nitrogens with zero attached hydrogens (tertiary/aromatic N) is 2. The zero-order valence-electron chi connectivity index (χ0n) is 10.9. The van der Waals surface area contributed by atoms with Crippen LogP contribution in [-0.4, -0.2) is 28.8 Å². The molecular weight excluding hydrogens is 258 g/mol. The predicted octanol–water partition coefficient (Wildman–Crippen LogP) is 1.13. The highest BCUT2D eigenvalue weighted by Gasteiger charge is 2.00. The van der Waals surface area contributed by atoms with E-state index in [0.29, 0.717) is 12.4 Å². The first kappa shape index (κ1) is 15.0. The maximum Gasteiger partial charge on any atom is 0.110 e. The fourth-order valence-corrected chi connectivity index (χ4v) is 2.21. The van der Waals surface area contributed by atoms with Crippen molar-refractivity contribution < 1.29 is 0 Å². The van der Waals surface area contributed by atoms with Crippen molar-refractivity contribution in [3.63, 3.8) is 0 Å². The predicted molar refractivity (Wildman–Crippen MR) is 78.0 cm³/mol. The third kappa shape index (κ3) is 5.89. The van der Waals surface area contributed by atoms with Crippen LogP contribution in [0.15, 0.2) is 18.2 Å². The first-order valence-electron chi connectivity index (χ1n) is 5.85. The van der Waals surface area contributed by atoms with E-state index in [1.54, 1.807) is 18.1 Å². The Morgan fingerprint density at radius 1 is 1.63 bits per heavy atom. The lowest BCUT2D eigenvalue weighted by molar-refractivity contribution is 0.749. The lowest BCUT2D eigenvalue weighted by Crippen LogP contribution is -2.28. The van der Waals surface area contributed by atoms with Gasteiger partial charge in [-0.05, 0) is 6.92 Å². The molecule has 1 rings (SSSR count). The first-order valence-corrected chi connectivity index (χ1v) is 7.01. The Morgan fingerprint density at radius 3 is 3.11 bits per heavy atom. The van der Waals surface area contributed by atoms with Crippen LogP contribution in [0, 0.1) is 30.6 Å². The van der Waals surface area contributed by atoms with Crippen molar-refractivity contribution in [2.75, 3.05) is 18.8 Å². The van der Waals surface area contributed by atoms with Gasteiger partial charge in [-0.1, -0.05) is 5.92 Å². The van der Waals surface area contributed by atoms with E-state index >= 15 is 0 Å². The smallest absolute Gasteiger partial charge is 0.110 e. The minimum absolute atomic E-state index is 0.403. The minimum Gasteiger partial charge on any atom is -0.370 e. The van der Waals surface area contributed by atoms with E-state index in [4.69, 9.17) is 11.7 Å². The Balaban J connectivity index is 2.19. The van der Waals surface area contributed by atoms with Crippen molar-refractivity contribution in [3.8, 4) is 18.4 Å². The number of nitriles is 1. The monoisotopic (exact) mass is 275 g/mol. The third-order valence-electron chi connectivity index (χ3n) is 2.32. The zero-order chi connectivity index (χ0) is 13.9. The van der Waals surface area contributed by atoms with Gasteiger partial charge in [0, 0.05) is 23.7 Å². The van der Waals surface area contributed by atoms with Crippen molar-refractivity contribution in [2.24, 2.45) is 0 Å². The van der Waals surface area contributed by atoms with Crippen molar-refractivity contribution in [2.45, 2.75) is 12.7 Å². The number of allylic oxidation sites excluding steroid dienone is 1. The van der Waals surface area contributed by atoms with Gasteiger partial charge in [0.05, 0.1) is 30.7 Å². The van der Waals surface area contributed by atoms with Gasteiger partial charge in [-0.25, -0.2) is 4.98 Å². The molecule has 5 nitrogen and oxygen atoms in total. The van der Waals surface area contributed by atoms with Crippen LogP contribution in [0.25, 0.3) is 0 Å². The molecule has 0 atom stereocenters. The van der Waals surface area contributed by atoms with Gasteiger partial charge in [0.25, 0.3) is 0 Å². The molecule has 0 bridgehead atoms. The standard InChI is InChI=1S/C13H17N5S/c1-3-6-15-13(4-5-14)16-7-8-19-9-12-11(2)17-10-18-12/h1,4,10,15-16H,6-9H2,2H3,(H,17,18)/b13-4-. The Morgan fingerprint density at radius 2 is 2.47 bits per heavy atom. The number of aromatic amines is 1. The highest BCUT2D eigenvalue weighted by molar-refractivity contribution is 7.98. The fourth-order valence-electron chi connectivity index (χ4n) is 1.33. The molecule has 6 heteroatoms. The first-order chi connectivity index (χ1) is 9.27. The number of aryl methyl sites for hydroxylation is 1. The van der Waals surface area contributed by atoms with Crippen LogP contribution in [0.3, 0.4) is 0 Å². The second-order valence-corrected chi connectivity index (χ2v) is 4.80. The second-order valence-electron chi connectivity index (χ2n) is 3.70. The number of thioether (sulfide) groups is 1. The number of H-pyrrole nitrogens is 1. The Labute approximate surface area is 117 Å². The maximum absolute atomic E-state index is 8.62. The quantitative estimate of drug-likeness (QED) is 0.377. The highest BCUT2D eigenvalue weighted by Crippen LogP contribution is 2.11. The van der Waals surface area contributed by atoms with Crippen LogP contribution in [0.2, 0.25) is 0 Å². The number of aromatic nitrogens is 2. The molecular formula is C13H17N5S.